The summed E-state index contributed by atoms with van der Waals surface area (Å²) in [5.74, 6) is -0.574. The van der Waals surface area contributed by atoms with Crippen molar-refractivity contribution in [1.82, 2.24) is 9.80 Å². The molecule has 0 saturated carbocycles. The summed E-state index contributed by atoms with van der Waals surface area (Å²) in [6.45, 7) is 10.6. The lowest BCUT2D eigenvalue weighted by atomic mass is 10.1. The highest BCUT2D eigenvalue weighted by Crippen LogP contribution is 2.37. The van der Waals surface area contributed by atoms with Gasteiger partial charge in [-0.2, -0.15) is 5.26 Å². The second kappa shape index (κ2) is 14.8. The van der Waals surface area contributed by atoms with Crippen LogP contribution < -0.4 is 10.1 Å². The quantitative estimate of drug-likeness (QED) is 0.295. The first-order valence-corrected chi connectivity index (χ1v) is 13.8. The van der Waals surface area contributed by atoms with Crippen LogP contribution in [0, 0.1) is 17.2 Å². The zero-order chi connectivity index (χ0) is 25.8. The Morgan fingerprint density at radius 1 is 1.36 bits per heavy atom. The van der Waals surface area contributed by atoms with Crippen LogP contribution in [0.25, 0.3) is 0 Å². The maximum Gasteiger partial charge on any atom is 0.323 e. The van der Waals surface area contributed by atoms with Gasteiger partial charge in [0.05, 0.1) is 16.7 Å². The highest BCUT2D eigenvalue weighted by Gasteiger charge is 2.41. The largest absolute Gasteiger partial charge is 0.492 e. The number of ether oxygens (including phenoxy) is 2. The molecule has 0 radical (unpaired) electrons. The van der Waals surface area contributed by atoms with Crippen molar-refractivity contribution in [2.24, 2.45) is 5.92 Å². The molecule has 2 heterocycles. The van der Waals surface area contributed by atoms with E-state index in [1.54, 1.807) is 4.90 Å². The van der Waals surface area contributed by atoms with E-state index >= 15 is 0 Å². The minimum Gasteiger partial charge on any atom is -0.492 e. The van der Waals surface area contributed by atoms with E-state index in [0.29, 0.717) is 26.1 Å². The SMILES string of the molecule is C=CCOC(=O)C(C#N)CC1SC(CCNc2cccc(OCCN3CCCCC3)c2)C(=O)N1CC. The molecule has 0 spiro atoms. The fraction of sp³-hybridized carbons (Fsp3) is 0.593. The van der Waals surface area contributed by atoms with Gasteiger partial charge >= 0.3 is 5.97 Å². The van der Waals surface area contributed by atoms with E-state index < -0.39 is 11.9 Å². The van der Waals surface area contributed by atoms with Crippen LogP contribution >= 0.6 is 11.8 Å². The van der Waals surface area contributed by atoms with Crippen LogP contribution in [0.5, 0.6) is 5.75 Å². The maximum absolute atomic E-state index is 12.9. The van der Waals surface area contributed by atoms with Gasteiger partial charge in [-0.1, -0.05) is 25.1 Å². The van der Waals surface area contributed by atoms with Crippen LogP contribution in [0.4, 0.5) is 5.69 Å². The van der Waals surface area contributed by atoms with Crippen molar-refractivity contribution < 1.29 is 19.1 Å². The summed E-state index contributed by atoms with van der Waals surface area (Å²) in [7, 11) is 0. The number of amides is 1. The van der Waals surface area contributed by atoms with E-state index in [1.807, 2.05) is 37.3 Å². The molecule has 1 aromatic rings. The number of piperidine rings is 1. The van der Waals surface area contributed by atoms with E-state index in [4.69, 9.17) is 9.47 Å². The molecule has 1 aromatic carbocycles. The third kappa shape index (κ3) is 8.17. The molecule has 1 amide bonds. The number of nitrogens with zero attached hydrogens (tertiary/aromatic N) is 3. The van der Waals surface area contributed by atoms with Crippen LogP contribution in [0.1, 0.15) is 39.0 Å². The Hall–Kier alpha value is -2.70. The van der Waals surface area contributed by atoms with Crippen molar-refractivity contribution in [2.75, 3.05) is 51.3 Å². The Labute approximate surface area is 219 Å². The summed E-state index contributed by atoms with van der Waals surface area (Å²) in [4.78, 5) is 29.3. The van der Waals surface area contributed by atoms with Gasteiger partial charge in [-0.05, 0) is 51.4 Å². The molecule has 2 aliphatic rings. The van der Waals surface area contributed by atoms with E-state index in [1.165, 1.54) is 37.1 Å². The molecule has 3 rings (SSSR count). The van der Waals surface area contributed by atoms with Crippen molar-refractivity contribution in [3.63, 3.8) is 0 Å². The summed E-state index contributed by atoms with van der Waals surface area (Å²) in [6.07, 6.45) is 6.27. The Morgan fingerprint density at radius 2 is 2.17 bits per heavy atom. The lowest BCUT2D eigenvalue weighted by Gasteiger charge is -2.26. The van der Waals surface area contributed by atoms with Gasteiger partial charge in [0.15, 0.2) is 0 Å². The maximum atomic E-state index is 12.9. The van der Waals surface area contributed by atoms with E-state index in [2.05, 4.69) is 16.8 Å². The number of carbonyl (C=O) groups excluding carboxylic acids is 2. The van der Waals surface area contributed by atoms with Gasteiger partial charge < -0.3 is 19.7 Å². The van der Waals surface area contributed by atoms with Crippen LogP contribution in [0.15, 0.2) is 36.9 Å². The van der Waals surface area contributed by atoms with E-state index in [-0.39, 0.29) is 29.6 Å². The molecule has 0 aliphatic carbocycles. The predicted octanol–water partition coefficient (Wildman–Crippen LogP) is 3.90. The number of hydrogen-bond acceptors (Lipinski definition) is 8. The summed E-state index contributed by atoms with van der Waals surface area (Å²) in [6, 6.07) is 9.95. The van der Waals surface area contributed by atoms with Crippen LogP contribution in [0.3, 0.4) is 0 Å². The number of carbonyl (C=O) groups is 2. The number of nitriles is 1. The molecule has 2 fully saturated rings. The standard InChI is InChI=1S/C27H38N4O4S/c1-3-16-35-27(33)21(20-28)18-25-31(4-2)26(32)24(36-25)11-12-29-22-9-8-10-23(19-22)34-17-15-30-13-6-5-7-14-30/h3,8-10,19,21,24-25,29H,1,4-7,11-18H2,2H3. The molecule has 0 aromatic heterocycles. The summed E-state index contributed by atoms with van der Waals surface area (Å²) < 4.78 is 11.0. The Morgan fingerprint density at radius 3 is 2.89 bits per heavy atom. The van der Waals surface area contributed by atoms with Gasteiger partial charge in [-0.3, -0.25) is 14.5 Å². The zero-order valence-corrected chi connectivity index (χ0v) is 22.0. The third-order valence-electron chi connectivity index (χ3n) is 6.48. The second-order valence-corrected chi connectivity index (χ2v) is 10.4. The molecule has 8 nitrogen and oxygen atoms in total. The average molecular weight is 515 g/mol. The van der Waals surface area contributed by atoms with Crippen molar-refractivity contribution >= 4 is 29.3 Å². The lowest BCUT2D eigenvalue weighted by molar-refractivity contribution is -0.146. The highest BCUT2D eigenvalue weighted by atomic mass is 32.2. The van der Waals surface area contributed by atoms with E-state index in [9.17, 15) is 14.9 Å². The number of nitrogens with one attached hydrogen (secondary N) is 1. The van der Waals surface area contributed by atoms with Gasteiger partial charge in [0.2, 0.25) is 5.91 Å². The molecule has 1 N–H and O–H groups in total. The Kier molecular flexibility index (Phi) is 11.4. The van der Waals surface area contributed by atoms with Gasteiger partial charge in [0, 0.05) is 37.8 Å². The molecule has 36 heavy (non-hydrogen) atoms. The fourth-order valence-electron chi connectivity index (χ4n) is 4.55. The summed E-state index contributed by atoms with van der Waals surface area (Å²) in [5.41, 5.74) is 0.958. The van der Waals surface area contributed by atoms with Crippen LogP contribution in [-0.2, 0) is 14.3 Å². The van der Waals surface area contributed by atoms with E-state index in [0.717, 1.165) is 31.1 Å². The highest BCUT2D eigenvalue weighted by molar-refractivity contribution is 8.01. The third-order valence-corrected chi connectivity index (χ3v) is 8.01. The van der Waals surface area contributed by atoms with Crippen molar-refractivity contribution in [1.29, 1.82) is 5.26 Å². The van der Waals surface area contributed by atoms with Gasteiger partial charge in [0.1, 0.15) is 24.9 Å². The molecule has 2 aliphatic heterocycles. The van der Waals surface area contributed by atoms with Crippen LogP contribution in [-0.4, -0.2) is 78.2 Å². The summed E-state index contributed by atoms with van der Waals surface area (Å²) in [5, 5.41) is 12.4. The van der Waals surface area contributed by atoms with Crippen molar-refractivity contribution in [3.05, 3.63) is 36.9 Å². The minimum absolute atomic E-state index is 0.0558. The topological polar surface area (TPSA) is 94.9 Å². The van der Waals surface area contributed by atoms with Gasteiger partial charge in [-0.25, -0.2) is 0 Å². The molecular formula is C27H38N4O4S. The molecule has 3 atom stereocenters. The first kappa shape index (κ1) is 27.9. The molecular weight excluding hydrogens is 476 g/mol. The van der Waals surface area contributed by atoms with Crippen molar-refractivity contribution in [3.8, 4) is 11.8 Å². The van der Waals surface area contributed by atoms with Gasteiger partial charge in [0.25, 0.3) is 0 Å². The number of anilines is 1. The molecule has 9 heteroatoms. The normalized spacial score (nSPS) is 21.0. The van der Waals surface area contributed by atoms with Gasteiger partial charge in [-0.15, -0.1) is 11.8 Å². The number of likely N-dealkylation sites (tertiary alicyclic amines) is 1. The fourth-order valence-corrected chi connectivity index (χ4v) is 6.13. The zero-order valence-electron chi connectivity index (χ0n) is 21.2. The monoisotopic (exact) mass is 514 g/mol. The number of hydrogen-bond donors (Lipinski definition) is 1. The molecule has 0 bridgehead atoms. The first-order chi connectivity index (χ1) is 17.5. The number of esters is 1. The van der Waals surface area contributed by atoms with Crippen LogP contribution in [0.2, 0.25) is 0 Å². The number of benzene rings is 1. The Balaban J connectivity index is 1.45. The molecule has 3 unspecified atom stereocenters. The molecule has 2 saturated heterocycles. The first-order valence-electron chi connectivity index (χ1n) is 12.9. The summed E-state index contributed by atoms with van der Waals surface area (Å²) >= 11 is 1.53. The lowest BCUT2D eigenvalue weighted by Crippen LogP contribution is -2.36. The molecule has 196 valence electrons. The predicted molar refractivity (Wildman–Crippen MR) is 143 cm³/mol. The number of thioether (sulfide) groups is 1. The average Bonchev–Trinajstić information content (AvgIpc) is 3.20. The van der Waals surface area contributed by atoms with Crippen molar-refractivity contribution in [2.45, 2.75) is 49.7 Å². The number of rotatable bonds is 14. The smallest absolute Gasteiger partial charge is 0.323 e. The minimum atomic E-state index is -0.904. The Bertz CT molecular complexity index is 915. The second-order valence-electron chi connectivity index (χ2n) is 9.03.